The third kappa shape index (κ3) is 9.68. The second-order valence-corrected chi connectivity index (χ2v) is 11.3. The van der Waals surface area contributed by atoms with Crippen molar-refractivity contribution in [1.82, 2.24) is 19.9 Å². The Hall–Kier alpha value is -6.14. The van der Waals surface area contributed by atoms with Crippen molar-refractivity contribution in [3.8, 4) is 0 Å². The van der Waals surface area contributed by atoms with Gasteiger partial charge in [-0.25, -0.2) is 0 Å². The van der Waals surface area contributed by atoms with E-state index < -0.39 is 0 Å². The zero-order valence-corrected chi connectivity index (χ0v) is 26.8. The second kappa shape index (κ2) is 17.0. The molecular formula is C42H38N6. The average Bonchev–Trinajstić information content (AvgIpc) is 3.15. The van der Waals surface area contributed by atoms with Gasteiger partial charge in [-0.3, -0.25) is 19.9 Å². The second-order valence-electron chi connectivity index (χ2n) is 11.3. The number of pyridine rings is 4. The lowest BCUT2D eigenvalue weighted by Crippen LogP contribution is -2.23. The Kier molecular flexibility index (Phi) is 11.2. The molecule has 6 nitrogen and oxygen atoms in total. The smallest absolute Gasteiger partial charge is 0.0606 e. The van der Waals surface area contributed by atoms with Crippen LogP contribution in [0.3, 0.4) is 0 Å². The van der Waals surface area contributed by atoms with Crippen molar-refractivity contribution in [3.05, 3.63) is 204 Å². The van der Waals surface area contributed by atoms with Gasteiger partial charge in [-0.1, -0.05) is 85.0 Å². The van der Waals surface area contributed by atoms with Crippen molar-refractivity contribution in [2.45, 2.75) is 26.2 Å². The van der Waals surface area contributed by atoms with E-state index in [0.717, 1.165) is 45.3 Å². The van der Waals surface area contributed by atoms with Crippen molar-refractivity contribution in [3.63, 3.8) is 0 Å². The maximum Gasteiger partial charge on any atom is 0.0606 e. The van der Waals surface area contributed by atoms with Crippen molar-refractivity contribution >= 4 is 23.5 Å². The standard InChI is InChI=1S/C42H38N6/c1(3-13-35-19-23-41(24-20-35)47(31-37-15-5-9-27-43-37)32-38-16-6-10-28-44-38)2-4-14-36-21-25-42(26-22-36)48(33-39-17-7-11-29-45-39)34-40-18-8-12-30-46-40/h1-30H,31-34H2/b2-1+,13-3+,14-4+. The number of nitrogens with zero attached hydrogens (tertiary/aromatic N) is 6. The molecule has 4 heterocycles. The molecule has 0 amide bonds. The Morgan fingerprint density at radius 1 is 0.354 bits per heavy atom. The molecule has 0 aliphatic rings. The summed E-state index contributed by atoms with van der Waals surface area (Å²) in [6.45, 7) is 2.83. The molecule has 0 spiro atoms. The predicted octanol–water partition coefficient (Wildman–Crippen LogP) is 8.96. The molecule has 48 heavy (non-hydrogen) atoms. The lowest BCUT2D eigenvalue weighted by molar-refractivity contribution is 0.765. The highest BCUT2D eigenvalue weighted by Gasteiger charge is 2.11. The van der Waals surface area contributed by atoms with Crippen LogP contribution in [0.25, 0.3) is 12.2 Å². The van der Waals surface area contributed by atoms with Gasteiger partial charge in [0.15, 0.2) is 0 Å². The molecule has 0 unspecified atom stereocenters. The molecule has 0 atom stereocenters. The molecule has 2 aromatic carbocycles. The lowest BCUT2D eigenvalue weighted by atomic mass is 10.1. The zero-order valence-electron chi connectivity index (χ0n) is 26.8. The molecule has 4 aromatic heterocycles. The largest absolute Gasteiger partial charge is 0.360 e. The van der Waals surface area contributed by atoms with E-state index in [9.17, 15) is 0 Å². The van der Waals surface area contributed by atoms with Crippen LogP contribution in [-0.4, -0.2) is 19.9 Å². The van der Waals surface area contributed by atoms with E-state index in [1.54, 1.807) is 0 Å². The third-order valence-electron chi connectivity index (χ3n) is 7.74. The summed E-state index contributed by atoms with van der Waals surface area (Å²) >= 11 is 0. The van der Waals surface area contributed by atoms with E-state index in [0.29, 0.717) is 26.2 Å². The Balaban J connectivity index is 1.05. The van der Waals surface area contributed by atoms with Gasteiger partial charge in [-0.2, -0.15) is 0 Å². The minimum absolute atomic E-state index is 0.707. The Morgan fingerprint density at radius 3 is 0.938 bits per heavy atom. The molecule has 0 saturated heterocycles. The lowest BCUT2D eigenvalue weighted by Gasteiger charge is -2.24. The number of allylic oxidation sites excluding steroid dienone is 4. The van der Waals surface area contributed by atoms with E-state index in [1.807, 2.05) is 73.3 Å². The van der Waals surface area contributed by atoms with Crippen LogP contribution in [0.2, 0.25) is 0 Å². The monoisotopic (exact) mass is 626 g/mol. The van der Waals surface area contributed by atoms with Crippen molar-refractivity contribution in [1.29, 1.82) is 0 Å². The van der Waals surface area contributed by atoms with Gasteiger partial charge in [-0.15, -0.1) is 0 Å². The van der Waals surface area contributed by atoms with Gasteiger partial charge in [0.25, 0.3) is 0 Å². The van der Waals surface area contributed by atoms with Gasteiger partial charge >= 0.3 is 0 Å². The predicted molar refractivity (Wildman–Crippen MR) is 197 cm³/mol. The number of rotatable bonds is 14. The van der Waals surface area contributed by atoms with Crippen LogP contribution in [0.1, 0.15) is 33.9 Å². The topological polar surface area (TPSA) is 58.0 Å². The first kappa shape index (κ1) is 31.8. The first-order valence-electron chi connectivity index (χ1n) is 16.1. The fourth-order valence-electron chi connectivity index (χ4n) is 5.28. The highest BCUT2D eigenvalue weighted by molar-refractivity contribution is 5.59. The minimum Gasteiger partial charge on any atom is -0.360 e. The summed E-state index contributed by atoms with van der Waals surface area (Å²) in [5.41, 5.74) is 8.63. The van der Waals surface area contributed by atoms with E-state index in [4.69, 9.17) is 0 Å². The van der Waals surface area contributed by atoms with Gasteiger partial charge in [0.2, 0.25) is 0 Å². The number of benzene rings is 2. The van der Waals surface area contributed by atoms with Crippen LogP contribution < -0.4 is 9.80 Å². The fraction of sp³-hybridized carbons (Fsp3) is 0.0952. The summed E-state index contributed by atoms with van der Waals surface area (Å²) in [5, 5.41) is 0. The normalized spacial score (nSPS) is 11.4. The summed E-state index contributed by atoms with van der Waals surface area (Å²) in [6, 6.07) is 41.3. The molecular weight excluding hydrogens is 589 g/mol. The molecule has 6 heteroatoms. The molecule has 0 fully saturated rings. The van der Waals surface area contributed by atoms with Crippen molar-refractivity contribution in [2.24, 2.45) is 0 Å². The van der Waals surface area contributed by atoms with Crippen LogP contribution in [0.4, 0.5) is 11.4 Å². The minimum atomic E-state index is 0.707. The van der Waals surface area contributed by atoms with Crippen LogP contribution in [0.5, 0.6) is 0 Å². The van der Waals surface area contributed by atoms with Crippen molar-refractivity contribution in [2.75, 3.05) is 9.80 Å². The quantitative estimate of drug-likeness (QED) is 0.113. The SMILES string of the molecule is C(=C\C=C\c1ccc(N(Cc2ccccn2)Cc2ccccn2)cc1)/C=C/c1ccc(N(Cc2ccccn2)Cc2ccccn2)cc1. The molecule has 0 N–H and O–H groups in total. The fourth-order valence-corrected chi connectivity index (χ4v) is 5.28. The van der Waals surface area contributed by atoms with Gasteiger partial charge in [0.05, 0.1) is 49.0 Å². The zero-order chi connectivity index (χ0) is 32.6. The number of hydrogen-bond donors (Lipinski definition) is 0. The summed E-state index contributed by atoms with van der Waals surface area (Å²) in [7, 11) is 0. The van der Waals surface area contributed by atoms with E-state index in [-0.39, 0.29) is 0 Å². The highest BCUT2D eigenvalue weighted by Crippen LogP contribution is 2.22. The highest BCUT2D eigenvalue weighted by atomic mass is 15.1. The molecule has 236 valence electrons. The summed E-state index contributed by atoms with van der Waals surface area (Å²) in [4.78, 5) is 22.7. The molecule has 6 rings (SSSR count). The van der Waals surface area contributed by atoms with Crippen LogP contribution in [0, 0.1) is 0 Å². The van der Waals surface area contributed by atoms with Gasteiger partial charge in [0.1, 0.15) is 0 Å². The number of anilines is 2. The van der Waals surface area contributed by atoms with Gasteiger partial charge in [-0.05, 0) is 83.9 Å². The van der Waals surface area contributed by atoms with Crippen LogP contribution in [-0.2, 0) is 26.2 Å². The summed E-state index contributed by atoms with van der Waals surface area (Å²) < 4.78 is 0. The Bertz CT molecular complexity index is 1660. The van der Waals surface area contributed by atoms with E-state index in [2.05, 4.69) is 139 Å². The summed E-state index contributed by atoms with van der Waals surface area (Å²) in [6.07, 6.45) is 19.8. The van der Waals surface area contributed by atoms with Crippen LogP contribution >= 0.6 is 0 Å². The molecule has 6 aromatic rings. The van der Waals surface area contributed by atoms with Crippen LogP contribution in [0.15, 0.2) is 170 Å². The summed E-state index contributed by atoms with van der Waals surface area (Å²) in [5.74, 6) is 0. The number of hydrogen-bond acceptors (Lipinski definition) is 6. The third-order valence-corrected chi connectivity index (χ3v) is 7.74. The molecule has 0 aliphatic heterocycles. The van der Waals surface area contributed by atoms with Crippen molar-refractivity contribution < 1.29 is 0 Å². The average molecular weight is 627 g/mol. The maximum absolute atomic E-state index is 4.53. The maximum atomic E-state index is 4.53. The molecule has 0 aliphatic carbocycles. The van der Waals surface area contributed by atoms with E-state index in [1.165, 1.54) is 0 Å². The Morgan fingerprint density at radius 2 is 0.667 bits per heavy atom. The van der Waals surface area contributed by atoms with Gasteiger partial charge < -0.3 is 9.80 Å². The molecule has 0 bridgehead atoms. The molecule has 0 saturated carbocycles. The first-order valence-corrected chi connectivity index (χ1v) is 16.1. The number of aromatic nitrogens is 4. The first-order chi connectivity index (χ1) is 23.8. The van der Waals surface area contributed by atoms with E-state index >= 15 is 0 Å². The Labute approximate surface area is 283 Å². The molecule has 0 radical (unpaired) electrons. The van der Waals surface area contributed by atoms with Gasteiger partial charge in [0, 0.05) is 36.2 Å².